The van der Waals surface area contributed by atoms with Crippen molar-refractivity contribution in [3.63, 3.8) is 0 Å². The van der Waals surface area contributed by atoms with Gasteiger partial charge in [-0.2, -0.15) is 0 Å². The van der Waals surface area contributed by atoms with Crippen molar-refractivity contribution in [2.45, 2.75) is 25.7 Å². The lowest BCUT2D eigenvalue weighted by Crippen LogP contribution is -2.29. The number of aromatic nitrogens is 1. The van der Waals surface area contributed by atoms with Gasteiger partial charge in [0.05, 0.1) is 11.4 Å². The van der Waals surface area contributed by atoms with E-state index < -0.39 is 0 Å². The summed E-state index contributed by atoms with van der Waals surface area (Å²) < 4.78 is 0. The molecule has 24 heavy (non-hydrogen) atoms. The summed E-state index contributed by atoms with van der Waals surface area (Å²) in [6, 6.07) is 11.5. The normalized spacial score (nSPS) is 20.3. The number of carbonyl (C=O) groups is 1. The molecule has 5 nitrogen and oxygen atoms in total. The van der Waals surface area contributed by atoms with E-state index >= 15 is 0 Å². The van der Waals surface area contributed by atoms with Crippen LogP contribution in [0.2, 0.25) is 0 Å². The molecule has 1 heterocycles. The molecule has 1 fully saturated rings. The maximum absolute atomic E-state index is 12.3. The van der Waals surface area contributed by atoms with E-state index in [0.717, 1.165) is 49.3 Å². The van der Waals surface area contributed by atoms with Gasteiger partial charge in [0.2, 0.25) is 5.91 Å². The molecule has 2 aromatic rings. The van der Waals surface area contributed by atoms with Gasteiger partial charge < -0.3 is 16.4 Å². The molecule has 0 saturated heterocycles. The molecular formula is C19H24N4O. The predicted octanol–water partition coefficient (Wildman–Crippen LogP) is 3.52. The number of nitrogens with zero attached hydrogens (tertiary/aromatic N) is 1. The van der Waals surface area contributed by atoms with Crippen molar-refractivity contribution in [2.24, 2.45) is 11.8 Å². The molecule has 1 aliphatic carbocycles. The topological polar surface area (TPSA) is 80.0 Å². The van der Waals surface area contributed by atoms with E-state index in [0.29, 0.717) is 5.92 Å². The van der Waals surface area contributed by atoms with Crippen LogP contribution in [0, 0.1) is 11.8 Å². The predicted molar refractivity (Wildman–Crippen MR) is 97.7 cm³/mol. The summed E-state index contributed by atoms with van der Waals surface area (Å²) >= 11 is 0. The first-order valence-corrected chi connectivity index (χ1v) is 8.51. The summed E-state index contributed by atoms with van der Waals surface area (Å²) in [5, 5.41) is 6.41. The van der Waals surface area contributed by atoms with Gasteiger partial charge in [0.15, 0.2) is 0 Å². The van der Waals surface area contributed by atoms with Crippen LogP contribution in [0.4, 0.5) is 17.1 Å². The number of anilines is 3. The highest BCUT2D eigenvalue weighted by Gasteiger charge is 2.26. The zero-order chi connectivity index (χ0) is 16.8. The smallest absolute Gasteiger partial charge is 0.227 e. The number of nitrogens with two attached hydrogens (primary N) is 1. The minimum Gasteiger partial charge on any atom is -0.397 e. The third-order valence-corrected chi connectivity index (χ3v) is 4.71. The number of nitrogens with one attached hydrogen (secondary N) is 2. The molecule has 1 aliphatic rings. The van der Waals surface area contributed by atoms with Gasteiger partial charge in [0, 0.05) is 30.5 Å². The van der Waals surface area contributed by atoms with Crippen LogP contribution in [0.25, 0.3) is 0 Å². The lowest BCUT2D eigenvalue weighted by atomic mass is 9.81. The summed E-state index contributed by atoms with van der Waals surface area (Å²) in [6.45, 7) is 0.910. The van der Waals surface area contributed by atoms with E-state index in [1.165, 1.54) is 0 Å². The number of rotatable bonds is 5. The fourth-order valence-electron chi connectivity index (χ4n) is 3.22. The third kappa shape index (κ3) is 4.25. The second-order valence-corrected chi connectivity index (χ2v) is 6.41. The first kappa shape index (κ1) is 16.3. The summed E-state index contributed by atoms with van der Waals surface area (Å²) in [5.74, 6) is 0.825. The molecule has 0 radical (unpaired) electrons. The van der Waals surface area contributed by atoms with Crippen LogP contribution in [-0.2, 0) is 4.79 Å². The lowest BCUT2D eigenvalue weighted by Gasteiger charge is -2.28. The molecule has 0 atom stereocenters. The molecule has 0 spiro atoms. The molecule has 1 aromatic carbocycles. The Labute approximate surface area is 142 Å². The molecule has 0 bridgehead atoms. The van der Waals surface area contributed by atoms with Crippen molar-refractivity contribution in [1.82, 2.24) is 4.98 Å². The standard InChI is InChI=1S/C19H24N4O/c20-17-3-1-2-4-18(17)22-13-14-5-7-15(8-6-14)19(24)23-16-9-11-21-12-10-16/h1-4,9-12,14-15,22H,5-8,13,20H2,(H,21,23,24). The largest absolute Gasteiger partial charge is 0.397 e. The Morgan fingerprint density at radius 1 is 1.08 bits per heavy atom. The number of amides is 1. The molecule has 1 saturated carbocycles. The van der Waals surface area contributed by atoms with Crippen LogP contribution in [0.15, 0.2) is 48.8 Å². The van der Waals surface area contributed by atoms with Crippen molar-refractivity contribution < 1.29 is 4.79 Å². The number of hydrogen-bond acceptors (Lipinski definition) is 4. The van der Waals surface area contributed by atoms with Crippen LogP contribution >= 0.6 is 0 Å². The second kappa shape index (κ2) is 7.81. The van der Waals surface area contributed by atoms with Crippen LogP contribution in [-0.4, -0.2) is 17.4 Å². The third-order valence-electron chi connectivity index (χ3n) is 4.71. The number of carbonyl (C=O) groups excluding carboxylic acids is 1. The van der Waals surface area contributed by atoms with Crippen molar-refractivity contribution in [3.05, 3.63) is 48.8 Å². The van der Waals surface area contributed by atoms with Crippen molar-refractivity contribution in [2.75, 3.05) is 22.9 Å². The van der Waals surface area contributed by atoms with Gasteiger partial charge in [0.25, 0.3) is 0 Å². The van der Waals surface area contributed by atoms with E-state index in [9.17, 15) is 4.79 Å². The SMILES string of the molecule is Nc1ccccc1NCC1CCC(C(=O)Nc2ccncc2)CC1. The molecule has 1 aromatic heterocycles. The Hall–Kier alpha value is -2.56. The zero-order valence-corrected chi connectivity index (χ0v) is 13.7. The number of benzene rings is 1. The van der Waals surface area contributed by atoms with Crippen LogP contribution < -0.4 is 16.4 Å². The highest BCUT2D eigenvalue weighted by Crippen LogP contribution is 2.30. The van der Waals surface area contributed by atoms with Gasteiger partial charge in [0.1, 0.15) is 0 Å². The molecule has 1 amide bonds. The molecule has 3 rings (SSSR count). The molecular weight excluding hydrogens is 300 g/mol. The molecule has 4 N–H and O–H groups in total. The van der Waals surface area contributed by atoms with E-state index in [1.807, 2.05) is 36.4 Å². The Balaban J connectivity index is 1.44. The molecule has 126 valence electrons. The summed E-state index contributed by atoms with van der Waals surface area (Å²) in [4.78, 5) is 16.3. The highest BCUT2D eigenvalue weighted by molar-refractivity contribution is 5.92. The van der Waals surface area contributed by atoms with E-state index in [4.69, 9.17) is 5.73 Å². The quantitative estimate of drug-likeness (QED) is 0.735. The maximum atomic E-state index is 12.3. The minimum atomic E-state index is 0.108. The molecule has 0 unspecified atom stereocenters. The highest BCUT2D eigenvalue weighted by atomic mass is 16.1. The van der Waals surface area contributed by atoms with Gasteiger partial charge in [-0.1, -0.05) is 12.1 Å². The number of para-hydroxylation sites is 2. The summed E-state index contributed by atoms with van der Waals surface area (Å²) in [5.41, 5.74) is 8.55. The van der Waals surface area contributed by atoms with Gasteiger partial charge in [-0.15, -0.1) is 0 Å². The Kier molecular flexibility index (Phi) is 5.31. The fraction of sp³-hybridized carbons (Fsp3) is 0.368. The van der Waals surface area contributed by atoms with Crippen LogP contribution in [0.1, 0.15) is 25.7 Å². The van der Waals surface area contributed by atoms with Gasteiger partial charge in [-0.25, -0.2) is 0 Å². The first-order valence-electron chi connectivity index (χ1n) is 8.51. The maximum Gasteiger partial charge on any atom is 0.227 e. The minimum absolute atomic E-state index is 0.108. The first-order chi connectivity index (χ1) is 11.7. The Morgan fingerprint density at radius 3 is 2.50 bits per heavy atom. The zero-order valence-electron chi connectivity index (χ0n) is 13.7. The number of hydrogen-bond donors (Lipinski definition) is 3. The van der Waals surface area contributed by atoms with E-state index in [2.05, 4.69) is 15.6 Å². The van der Waals surface area contributed by atoms with Gasteiger partial charge in [-0.3, -0.25) is 9.78 Å². The Morgan fingerprint density at radius 2 is 1.79 bits per heavy atom. The lowest BCUT2D eigenvalue weighted by molar-refractivity contribution is -0.121. The van der Waals surface area contributed by atoms with Gasteiger partial charge >= 0.3 is 0 Å². The Bertz CT molecular complexity index is 666. The summed E-state index contributed by atoms with van der Waals surface area (Å²) in [7, 11) is 0. The van der Waals surface area contributed by atoms with Crippen molar-refractivity contribution >= 4 is 23.0 Å². The number of pyridine rings is 1. The average Bonchev–Trinajstić information content (AvgIpc) is 2.62. The summed E-state index contributed by atoms with van der Waals surface area (Å²) in [6.07, 6.45) is 7.38. The second-order valence-electron chi connectivity index (χ2n) is 6.41. The molecule has 5 heteroatoms. The average molecular weight is 324 g/mol. The van der Waals surface area contributed by atoms with Crippen molar-refractivity contribution in [1.29, 1.82) is 0 Å². The number of nitrogen functional groups attached to an aromatic ring is 1. The molecule has 0 aliphatic heterocycles. The van der Waals surface area contributed by atoms with Crippen molar-refractivity contribution in [3.8, 4) is 0 Å². The monoisotopic (exact) mass is 324 g/mol. The van der Waals surface area contributed by atoms with Crippen LogP contribution in [0.3, 0.4) is 0 Å². The fourth-order valence-corrected chi connectivity index (χ4v) is 3.22. The van der Waals surface area contributed by atoms with Crippen LogP contribution in [0.5, 0.6) is 0 Å². The van der Waals surface area contributed by atoms with E-state index in [-0.39, 0.29) is 11.8 Å². The van der Waals surface area contributed by atoms with Gasteiger partial charge in [-0.05, 0) is 55.9 Å². The van der Waals surface area contributed by atoms with E-state index in [1.54, 1.807) is 12.4 Å².